The maximum atomic E-state index is 5.28. The molecule has 0 aromatic carbocycles. The van der Waals surface area contributed by atoms with Gasteiger partial charge in [-0.05, 0) is 12.5 Å². The average Bonchev–Trinajstić information content (AvgIpc) is 2.48. The third-order valence-electron chi connectivity index (χ3n) is 1.85. The number of hydrogen-bond donors (Lipinski definition) is 2. The van der Waals surface area contributed by atoms with Crippen LogP contribution in [0.3, 0.4) is 0 Å². The van der Waals surface area contributed by atoms with Gasteiger partial charge in [0.1, 0.15) is 0 Å². The molecule has 0 fully saturated rings. The van der Waals surface area contributed by atoms with Crippen molar-refractivity contribution in [3.8, 4) is 0 Å². The predicted molar refractivity (Wildman–Crippen MR) is 65.7 cm³/mol. The standard InChI is InChI=1S/C10H20N4S/c1-10(2,3)7-14(4)6-8-5-12-9(13-11)15-8/h5H,6-7,11H2,1-4H3,(H,12,13). The van der Waals surface area contributed by atoms with E-state index in [9.17, 15) is 0 Å². The van der Waals surface area contributed by atoms with Crippen LogP contribution < -0.4 is 11.3 Å². The number of nitrogens with one attached hydrogen (secondary N) is 1. The lowest BCUT2D eigenvalue weighted by molar-refractivity contribution is 0.222. The van der Waals surface area contributed by atoms with E-state index in [1.165, 1.54) is 4.88 Å². The van der Waals surface area contributed by atoms with Gasteiger partial charge < -0.3 is 4.90 Å². The van der Waals surface area contributed by atoms with E-state index in [2.05, 4.69) is 43.1 Å². The van der Waals surface area contributed by atoms with Crippen molar-refractivity contribution < 1.29 is 0 Å². The lowest BCUT2D eigenvalue weighted by Gasteiger charge is -2.25. The Kier molecular flexibility index (Phi) is 4.07. The van der Waals surface area contributed by atoms with Crippen LogP contribution in [0.2, 0.25) is 0 Å². The van der Waals surface area contributed by atoms with Gasteiger partial charge in [0.25, 0.3) is 0 Å². The Labute approximate surface area is 95.5 Å². The lowest BCUT2D eigenvalue weighted by atomic mass is 9.96. The van der Waals surface area contributed by atoms with E-state index in [0.717, 1.165) is 18.2 Å². The maximum Gasteiger partial charge on any atom is 0.197 e. The average molecular weight is 228 g/mol. The van der Waals surface area contributed by atoms with Crippen molar-refractivity contribution in [2.24, 2.45) is 11.3 Å². The molecule has 5 heteroatoms. The molecule has 0 bridgehead atoms. The zero-order chi connectivity index (χ0) is 11.5. The molecule has 0 radical (unpaired) electrons. The fraction of sp³-hybridized carbons (Fsp3) is 0.700. The molecule has 0 saturated carbocycles. The molecule has 1 heterocycles. The summed E-state index contributed by atoms with van der Waals surface area (Å²) in [4.78, 5) is 7.67. The van der Waals surface area contributed by atoms with E-state index in [1.54, 1.807) is 11.3 Å². The van der Waals surface area contributed by atoms with Crippen molar-refractivity contribution in [3.05, 3.63) is 11.1 Å². The minimum atomic E-state index is 0.328. The molecule has 1 rings (SSSR count). The minimum Gasteiger partial charge on any atom is -0.301 e. The molecular formula is C10H20N4S. The van der Waals surface area contributed by atoms with Crippen LogP contribution in [0.15, 0.2) is 6.20 Å². The highest BCUT2D eigenvalue weighted by molar-refractivity contribution is 7.15. The van der Waals surface area contributed by atoms with Gasteiger partial charge in [-0.1, -0.05) is 32.1 Å². The van der Waals surface area contributed by atoms with Crippen LogP contribution in [0.1, 0.15) is 25.6 Å². The summed E-state index contributed by atoms with van der Waals surface area (Å²) in [5, 5.41) is 0.772. The first-order valence-electron chi connectivity index (χ1n) is 5.00. The van der Waals surface area contributed by atoms with Crippen LogP contribution in [0.25, 0.3) is 0 Å². The molecule has 0 aliphatic heterocycles. The number of thiazole rings is 1. The number of aromatic nitrogens is 1. The summed E-state index contributed by atoms with van der Waals surface area (Å²) in [6.45, 7) is 8.71. The largest absolute Gasteiger partial charge is 0.301 e. The first-order chi connectivity index (χ1) is 6.90. The molecule has 15 heavy (non-hydrogen) atoms. The molecule has 0 spiro atoms. The Balaban J connectivity index is 2.47. The van der Waals surface area contributed by atoms with Crippen molar-refractivity contribution in [1.82, 2.24) is 9.88 Å². The zero-order valence-corrected chi connectivity index (χ0v) is 10.7. The molecule has 4 nitrogen and oxygen atoms in total. The van der Waals surface area contributed by atoms with Gasteiger partial charge in [0, 0.05) is 24.2 Å². The van der Waals surface area contributed by atoms with Crippen molar-refractivity contribution in [2.45, 2.75) is 27.3 Å². The molecule has 0 unspecified atom stereocenters. The monoisotopic (exact) mass is 228 g/mol. The molecule has 1 aromatic rings. The first-order valence-corrected chi connectivity index (χ1v) is 5.82. The van der Waals surface area contributed by atoms with E-state index >= 15 is 0 Å². The summed E-state index contributed by atoms with van der Waals surface area (Å²) in [6.07, 6.45) is 1.87. The third kappa shape index (κ3) is 4.59. The number of hydrogen-bond acceptors (Lipinski definition) is 5. The van der Waals surface area contributed by atoms with Gasteiger partial charge in [0.2, 0.25) is 0 Å². The van der Waals surface area contributed by atoms with Crippen LogP contribution in [0.4, 0.5) is 5.13 Å². The van der Waals surface area contributed by atoms with Crippen LogP contribution in [0.5, 0.6) is 0 Å². The van der Waals surface area contributed by atoms with Gasteiger partial charge in [0.15, 0.2) is 5.13 Å². The van der Waals surface area contributed by atoms with Gasteiger partial charge in [-0.25, -0.2) is 10.8 Å². The molecule has 0 saturated heterocycles. The van der Waals surface area contributed by atoms with E-state index in [-0.39, 0.29) is 0 Å². The summed E-state index contributed by atoms with van der Waals surface area (Å²) < 4.78 is 0. The van der Waals surface area contributed by atoms with Crippen LogP contribution in [0, 0.1) is 5.41 Å². The molecule has 86 valence electrons. The smallest absolute Gasteiger partial charge is 0.197 e. The number of anilines is 1. The lowest BCUT2D eigenvalue weighted by Crippen LogP contribution is -2.28. The van der Waals surface area contributed by atoms with Crippen molar-refractivity contribution >= 4 is 16.5 Å². The van der Waals surface area contributed by atoms with Gasteiger partial charge in [-0.2, -0.15) is 0 Å². The van der Waals surface area contributed by atoms with Gasteiger partial charge >= 0.3 is 0 Å². The predicted octanol–water partition coefficient (Wildman–Crippen LogP) is 1.91. The summed E-state index contributed by atoms with van der Waals surface area (Å²) in [5.74, 6) is 5.28. The highest BCUT2D eigenvalue weighted by Gasteiger charge is 2.14. The van der Waals surface area contributed by atoms with Crippen molar-refractivity contribution in [2.75, 3.05) is 19.0 Å². The SMILES string of the molecule is CN(Cc1cnc(NN)s1)CC(C)(C)C. The molecular weight excluding hydrogens is 208 g/mol. The normalized spacial score (nSPS) is 12.1. The van der Waals surface area contributed by atoms with Crippen molar-refractivity contribution in [1.29, 1.82) is 0 Å². The van der Waals surface area contributed by atoms with E-state index < -0.39 is 0 Å². The molecule has 3 N–H and O–H groups in total. The van der Waals surface area contributed by atoms with E-state index in [4.69, 9.17) is 5.84 Å². The topological polar surface area (TPSA) is 54.2 Å². The third-order valence-corrected chi connectivity index (χ3v) is 2.76. The Morgan fingerprint density at radius 1 is 1.53 bits per heavy atom. The maximum absolute atomic E-state index is 5.28. The molecule has 0 aliphatic carbocycles. The Bertz CT molecular complexity index is 303. The van der Waals surface area contributed by atoms with Crippen LogP contribution in [-0.2, 0) is 6.54 Å². The Hall–Kier alpha value is -0.650. The number of rotatable bonds is 4. The Morgan fingerprint density at radius 3 is 2.67 bits per heavy atom. The highest BCUT2D eigenvalue weighted by Crippen LogP contribution is 2.20. The van der Waals surface area contributed by atoms with Crippen molar-refractivity contribution in [3.63, 3.8) is 0 Å². The van der Waals surface area contributed by atoms with Gasteiger partial charge in [-0.15, -0.1) is 0 Å². The summed E-state index contributed by atoms with van der Waals surface area (Å²) in [5.41, 5.74) is 2.89. The second-order valence-corrected chi connectivity index (χ2v) is 6.12. The zero-order valence-electron chi connectivity index (χ0n) is 9.87. The quantitative estimate of drug-likeness (QED) is 0.610. The fourth-order valence-electron chi connectivity index (χ4n) is 1.58. The summed E-state index contributed by atoms with van der Waals surface area (Å²) in [7, 11) is 2.13. The second kappa shape index (κ2) is 4.92. The second-order valence-electron chi connectivity index (χ2n) is 5.01. The molecule has 0 aliphatic rings. The van der Waals surface area contributed by atoms with E-state index in [0.29, 0.717) is 5.41 Å². The van der Waals surface area contributed by atoms with Gasteiger partial charge in [0.05, 0.1) is 0 Å². The van der Waals surface area contributed by atoms with Crippen LogP contribution in [-0.4, -0.2) is 23.5 Å². The Morgan fingerprint density at radius 2 is 2.20 bits per heavy atom. The van der Waals surface area contributed by atoms with Gasteiger partial charge in [-0.3, -0.25) is 5.43 Å². The minimum absolute atomic E-state index is 0.328. The molecule has 0 atom stereocenters. The molecule has 0 amide bonds. The number of hydrazine groups is 1. The fourth-order valence-corrected chi connectivity index (χ4v) is 2.38. The summed E-state index contributed by atoms with van der Waals surface area (Å²) in [6, 6.07) is 0. The molecule has 1 aromatic heterocycles. The first kappa shape index (κ1) is 12.4. The highest BCUT2D eigenvalue weighted by atomic mass is 32.1. The summed E-state index contributed by atoms with van der Waals surface area (Å²) >= 11 is 1.60. The van der Waals surface area contributed by atoms with E-state index in [1.807, 2.05) is 6.20 Å². The number of nitrogens with zero attached hydrogens (tertiary/aromatic N) is 2. The number of nitrogen functional groups attached to an aromatic ring is 1. The number of nitrogens with two attached hydrogens (primary N) is 1. The van der Waals surface area contributed by atoms with Crippen LogP contribution >= 0.6 is 11.3 Å².